The summed E-state index contributed by atoms with van der Waals surface area (Å²) in [6.45, 7) is 0.190. The Bertz CT molecular complexity index is 1150. The first-order chi connectivity index (χ1) is 15.0. The normalized spacial score (nSPS) is 16.9. The van der Waals surface area contributed by atoms with Gasteiger partial charge in [0, 0.05) is 12.3 Å². The van der Waals surface area contributed by atoms with Gasteiger partial charge in [-0.3, -0.25) is 4.90 Å². The Morgan fingerprint density at radius 3 is 2.26 bits per heavy atom. The number of benzene rings is 3. The van der Waals surface area contributed by atoms with Gasteiger partial charge in [0.05, 0.1) is 6.54 Å². The topological polar surface area (TPSA) is 66.8 Å². The molecule has 156 valence electrons. The summed E-state index contributed by atoms with van der Waals surface area (Å²) in [7, 11) is 0. The maximum atomic E-state index is 13.6. The molecule has 0 fully saturated rings. The molecule has 1 aliphatic heterocycles. The molecule has 3 aromatic carbocycles. The van der Waals surface area contributed by atoms with Crippen molar-refractivity contribution in [2.75, 3.05) is 6.61 Å². The number of amides is 1. The van der Waals surface area contributed by atoms with Crippen LogP contribution in [0.2, 0.25) is 0 Å². The zero-order chi connectivity index (χ0) is 21.5. The summed E-state index contributed by atoms with van der Waals surface area (Å²) in [6, 6.07) is 19.2. The van der Waals surface area contributed by atoms with Gasteiger partial charge in [0.25, 0.3) is 0 Å². The number of rotatable bonds is 3. The Labute approximate surface area is 178 Å². The molecule has 1 amide bonds. The van der Waals surface area contributed by atoms with Crippen molar-refractivity contribution in [2.24, 2.45) is 0 Å². The van der Waals surface area contributed by atoms with E-state index < -0.39 is 23.9 Å². The third-order valence-corrected chi connectivity index (χ3v) is 6.15. The average molecular weight is 417 g/mol. The number of halogens is 1. The number of aliphatic carboxylic acids is 1. The molecule has 6 heteroatoms. The van der Waals surface area contributed by atoms with E-state index in [4.69, 9.17) is 4.74 Å². The first-order valence-corrected chi connectivity index (χ1v) is 10.1. The predicted molar refractivity (Wildman–Crippen MR) is 112 cm³/mol. The van der Waals surface area contributed by atoms with Gasteiger partial charge in [0.1, 0.15) is 18.5 Å². The number of carbonyl (C=O) groups excluding carboxylic acids is 1. The van der Waals surface area contributed by atoms with E-state index in [9.17, 15) is 19.1 Å². The second-order valence-electron chi connectivity index (χ2n) is 7.90. The molecule has 1 N–H and O–H groups in total. The molecule has 1 heterocycles. The molecular formula is C25H20FNO4. The largest absolute Gasteiger partial charge is 0.480 e. The summed E-state index contributed by atoms with van der Waals surface area (Å²) in [5, 5.41) is 9.65. The predicted octanol–water partition coefficient (Wildman–Crippen LogP) is 4.59. The molecule has 31 heavy (non-hydrogen) atoms. The van der Waals surface area contributed by atoms with Crippen molar-refractivity contribution in [3.63, 3.8) is 0 Å². The van der Waals surface area contributed by atoms with E-state index in [1.165, 1.54) is 17.0 Å². The SMILES string of the molecule is O=C(O)[C@H]1Cc2cc(F)ccc2CN1C(=O)OCC1c2ccccc2-c2ccccc21. The van der Waals surface area contributed by atoms with Gasteiger partial charge in [-0.05, 0) is 45.5 Å². The lowest BCUT2D eigenvalue weighted by Gasteiger charge is -2.34. The van der Waals surface area contributed by atoms with Crippen LogP contribution in [0.25, 0.3) is 11.1 Å². The van der Waals surface area contributed by atoms with Crippen molar-refractivity contribution < 1.29 is 23.8 Å². The van der Waals surface area contributed by atoms with Crippen LogP contribution < -0.4 is 0 Å². The van der Waals surface area contributed by atoms with Crippen molar-refractivity contribution in [1.82, 2.24) is 4.90 Å². The minimum absolute atomic E-state index is 0.0482. The highest BCUT2D eigenvalue weighted by atomic mass is 19.1. The van der Waals surface area contributed by atoms with E-state index in [-0.39, 0.29) is 25.5 Å². The van der Waals surface area contributed by atoms with E-state index in [2.05, 4.69) is 12.1 Å². The summed E-state index contributed by atoms with van der Waals surface area (Å²) in [4.78, 5) is 26.0. The Kier molecular flexibility index (Phi) is 4.70. The molecule has 1 aliphatic carbocycles. The van der Waals surface area contributed by atoms with Crippen LogP contribution in [-0.4, -0.2) is 34.7 Å². The fraction of sp³-hybridized carbons (Fsp3) is 0.200. The zero-order valence-electron chi connectivity index (χ0n) is 16.6. The average Bonchev–Trinajstić information content (AvgIpc) is 3.10. The second kappa shape index (κ2) is 7.54. The summed E-state index contributed by atoms with van der Waals surface area (Å²) in [6.07, 6.45) is -0.628. The van der Waals surface area contributed by atoms with E-state index in [0.717, 1.165) is 27.8 Å². The molecule has 0 saturated carbocycles. The minimum atomic E-state index is -1.14. The minimum Gasteiger partial charge on any atom is -0.480 e. The molecule has 0 bridgehead atoms. The van der Waals surface area contributed by atoms with Crippen molar-refractivity contribution in [1.29, 1.82) is 0 Å². The van der Waals surface area contributed by atoms with Crippen LogP contribution in [0.5, 0.6) is 0 Å². The van der Waals surface area contributed by atoms with Gasteiger partial charge in [-0.25, -0.2) is 14.0 Å². The van der Waals surface area contributed by atoms with Crippen LogP contribution in [0.4, 0.5) is 9.18 Å². The van der Waals surface area contributed by atoms with Gasteiger partial charge >= 0.3 is 12.1 Å². The maximum absolute atomic E-state index is 13.6. The lowest BCUT2D eigenvalue weighted by molar-refractivity contribution is -0.143. The van der Waals surface area contributed by atoms with Crippen molar-refractivity contribution >= 4 is 12.1 Å². The third-order valence-electron chi connectivity index (χ3n) is 6.15. The molecule has 0 unspecified atom stereocenters. The third kappa shape index (κ3) is 3.34. The highest BCUT2D eigenvalue weighted by molar-refractivity contribution is 5.82. The zero-order valence-corrected chi connectivity index (χ0v) is 16.6. The Morgan fingerprint density at radius 1 is 0.968 bits per heavy atom. The van der Waals surface area contributed by atoms with Crippen LogP contribution in [-0.2, 0) is 22.5 Å². The van der Waals surface area contributed by atoms with E-state index in [1.807, 2.05) is 36.4 Å². The van der Waals surface area contributed by atoms with Gasteiger partial charge in [-0.2, -0.15) is 0 Å². The molecule has 0 aromatic heterocycles. The lowest BCUT2D eigenvalue weighted by Crippen LogP contribution is -2.49. The monoisotopic (exact) mass is 417 g/mol. The highest BCUT2D eigenvalue weighted by Crippen LogP contribution is 2.44. The Morgan fingerprint density at radius 2 is 1.61 bits per heavy atom. The maximum Gasteiger partial charge on any atom is 0.410 e. The van der Waals surface area contributed by atoms with Gasteiger partial charge in [-0.1, -0.05) is 54.6 Å². The van der Waals surface area contributed by atoms with Gasteiger partial charge in [0.15, 0.2) is 0 Å². The molecule has 0 radical (unpaired) electrons. The summed E-state index contributed by atoms with van der Waals surface area (Å²) in [5.74, 6) is -1.66. The number of hydrogen-bond donors (Lipinski definition) is 1. The molecule has 0 spiro atoms. The van der Waals surface area contributed by atoms with Gasteiger partial charge < -0.3 is 9.84 Å². The van der Waals surface area contributed by atoms with Crippen molar-refractivity contribution in [3.8, 4) is 11.1 Å². The number of ether oxygens (including phenoxy) is 1. The molecule has 3 aromatic rings. The number of carbonyl (C=O) groups is 2. The number of carboxylic acids is 1. The first kappa shape index (κ1) is 19.3. The van der Waals surface area contributed by atoms with E-state index in [1.54, 1.807) is 6.07 Å². The van der Waals surface area contributed by atoms with Crippen LogP contribution >= 0.6 is 0 Å². The standard InChI is InChI=1S/C25H20FNO4/c26-17-10-9-15-13-27(23(24(28)29)12-16(15)11-17)25(30)31-14-22-20-7-3-1-5-18(20)19-6-2-4-8-21(19)22/h1-11,22-23H,12-14H2,(H,28,29)/t23-/m1/s1. The highest BCUT2D eigenvalue weighted by Gasteiger charge is 2.37. The van der Waals surface area contributed by atoms with E-state index >= 15 is 0 Å². The fourth-order valence-corrected chi connectivity index (χ4v) is 4.64. The summed E-state index contributed by atoms with van der Waals surface area (Å²) in [5.41, 5.74) is 5.76. The molecule has 5 rings (SSSR count). The molecule has 0 saturated heterocycles. The van der Waals surface area contributed by atoms with Gasteiger partial charge in [-0.15, -0.1) is 0 Å². The molecule has 5 nitrogen and oxygen atoms in total. The number of carboxylic acid groups (broad SMARTS) is 1. The van der Waals surface area contributed by atoms with Crippen LogP contribution in [0.3, 0.4) is 0 Å². The quantitative estimate of drug-likeness (QED) is 0.677. The van der Waals surface area contributed by atoms with Crippen molar-refractivity contribution in [2.45, 2.75) is 24.9 Å². The van der Waals surface area contributed by atoms with Crippen molar-refractivity contribution in [3.05, 3.63) is 94.8 Å². The summed E-state index contributed by atoms with van der Waals surface area (Å²) < 4.78 is 19.2. The van der Waals surface area contributed by atoms with E-state index in [0.29, 0.717) is 5.56 Å². The Hall–Kier alpha value is -3.67. The number of fused-ring (bicyclic) bond motifs is 4. The van der Waals surface area contributed by atoms with Crippen LogP contribution in [0.15, 0.2) is 66.7 Å². The smallest absolute Gasteiger partial charge is 0.410 e. The fourth-order valence-electron chi connectivity index (χ4n) is 4.64. The van der Waals surface area contributed by atoms with Crippen LogP contribution in [0, 0.1) is 5.82 Å². The summed E-state index contributed by atoms with van der Waals surface area (Å²) >= 11 is 0. The molecule has 1 atom stereocenters. The van der Waals surface area contributed by atoms with Crippen LogP contribution in [0.1, 0.15) is 28.2 Å². The molecule has 2 aliphatic rings. The number of nitrogens with zero attached hydrogens (tertiary/aromatic N) is 1. The van der Waals surface area contributed by atoms with Gasteiger partial charge in [0.2, 0.25) is 0 Å². The number of hydrogen-bond acceptors (Lipinski definition) is 3. The first-order valence-electron chi connectivity index (χ1n) is 10.1. The Balaban J connectivity index is 1.38. The lowest BCUT2D eigenvalue weighted by atomic mass is 9.94. The molecular weight excluding hydrogens is 397 g/mol. The second-order valence-corrected chi connectivity index (χ2v) is 7.90.